The maximum Gasteiger partial charge on any atom is 0.417 e. The Morgan fingerprint density at radius 1 is 1.38 bits per heavy atom. The Hall–Kier alpha value is -1.10. The Bertz CT molecular complexity index is 412. The van der Waals surface area contributed by atoms with Crippen LogP contribution in [0.4, 0.5) is 13.2 Å². The van der Waals surface area contributed by atoms with Crippen LogP contribution in [0.5, 0.6) is 0 Å². The number of nitrogens with one attached hydrogen (secondary N) is 1. The van der Waals surface area contributed by atoms with Crippen molar-refractivity contribution in [1.29, 1.82) is 0 Å². The second kappa shape index (κ2) is 2.97. The molecule has 0 spiro atoms. The van der Waals surface area contributed by atoms with E-state index < -0.39 is 11.7 Å². The van der Waals surface area contributed by atoms with Crippen LogP contribution < -0.4 is 5.32 Å². The molecule has 2 aliphatic rings. The van der Waals surface area contributed by atoms with Gasteiger partial charge in [-0.15, -0.1) is 0 Å². The summed E-state index contributed by atoms with van der Waals surface area (Å²) in [7, 11) is 0. The first-order valence-electron chi connectivity index (χ1n) is 5.27. The fraction of sp³-hybridized carbons (Fsp3) is 0.545. The first kappa shape index (κ1) is 10.1. The summed E-state index contributed by atoms with van der Waals surface area (Å²) in [5, 5.41) is 3.24. The Morgan fingerprint density at radius 3 is 2.62 bits per heavy atom. The van der Waals surface area contributed by atoms with E-state index in [0.717, 1.165) is 37.5 Å². The van der Waals surface area contributed by atoms with Crippen LogP contribution in [0.1, 0.15) is 17.7 Å². The highest BCUT2D eigenvalue weighted by Gasteiger charge is 2.59. The van der Waals surface area contributed by atoms with Crippen molar-refractivity contribution in [3.63, 3.8) is 0 Å². The number of nitrogens with zero attached hydrogens (tertiary/aromatic N) is 1. The molecule has 2 fully saturated rings. The van der Waals surface area contributed by atoms with E-state index >= 15 is 0 Å². The van der Waals surface area contributed by atoms with E-state index in [4.69, 9.17) is 0 Å². The number of hydrogen-bond acceptors (Lipinski definition) is 2. The molecule has 1 N–H and O–H groups in total. The number of alkyl halides is 3. The Kier molecular flexibility index (Phi) is 1.87. The molecular weight excluding hydrogens is 217 g/mol. The minimum Gasteiger partial charge on any atom is -0.315 e. The van der Waals surface area contributed by atoms with Gasteiger partial charge in [0.15, 0.2) is 0 Å². The van der Waals surface area contributed by atoms with Crippen LogP contribution in [0.2, 0.25) is 0 Å². The van der Waals surface area contributed by atoms with Gasteiger partial charge in [0, 0.05) is 23.9 Å². The van der Waals surface area contributed by atoms with Gasteiger partial charge >= 0.3 is 6.18 Å². The minimum absolute atomic E-state index is 0.0319. The van der Waals surface area contributed by atoms with Crippen LogP contribution in [0.25, 0.3) is 0 Å². The zero-order valence-corrected chi connectivity index (χ0v) is 8.51. The number of pyridine rings is 1. The van der Waals surface area contributed by atoms with Crippen molar-refractivity contribution in [2.24, 2.45) is 5.92 Å². The lowest BCUT2D eigenvalue weighted by Crippen LogP contribution is -2.20. The van der Waals surface area contributed by atoms with Crippen molar-refractivity contribution in [1.82, 2.24) is 10.3 Å². The van der Waals surface area contributed by atoms with Gasteiger partial charge in [-0.1, -0.05) is 0 Å². The van der Waals surface area contributed by atoms with Crippen LogP contribution >= 0.6 is 0 Å². The molecule has 2 nitrogen and oxygen atoms in total. The molecule has 86 valence electrons. The van der Waals surface area contributed by atoms with E-state index in [1.807, 2.05) is 0 Å². The summed E-state index contributed by atoms with van der Waals surface area (Å²) in [6.07, 6.45) is -2.30. The third kappa shape index (κ3) is 1.34. The fourth-order valence-corrected chi connectivity index (χ4v) is 2.59. The van der Waals surface area contributed by atoms with Crippen molar-refractivity contribution in [2.75, 3.05) is 13.1 Å². The van der Waals surface area contributed by atoms with Crippen molar-refractivity contribution >= 4 is 0 Å². The van der Waals surface area contributed by atoms with Gasteiger partial charge in [-0.3, -0.25) is 4.98 Å². The zero-order chi connectivity index (χ0) is 11.4. The lowest BCUT2D eigenvalue weighted by molar-refractivity contribution is -0.137. The van der Waals surface area contributed by atoms with E-state index in [-0.39, 0.29) is 5.41 Å². The average Bonchev–Trinajstić information content (AvgIpc) is 2.81. The monoisotopic (exact) mass is 228 g/mol. The minimum atomic E-state index is -4.29. The number of piperidine rings is 1. The number of rotatable bonds is 1. The first-order chi connectivity index (χ1) is 7.52. The van der Waals surface area contributed by atoms with Crippen molar-refractivity contribution in [2.45, 2.75) is 18.0 Å². The third-order valence-electron chi connectivity index (χ3n) is 3.66. The van der Waals surface area contributed by atoms with Crippen LogP contribution in [0.3, 0.4) is 0 Å². The highest BCUT2D eigenvalue weighted by Crippen LogP contribution is 2.55. The Balaban J connectivity index is 1.89. The SMILES string of the molecule is FC(F)(F)c1ccc(C23CNCC2C3)nc1. The largest absolute Gasteiger partial charge is 0.417 e. The third-order valence-corrected chi connectivity index (χ3v) is 3.66. The van der Waals surface area contributed by atoms with Gasteiger partial charge in [-0.2, -0.15) is 13.2 Å². The summed E-state index contributed by atoms with van der Waals surface area (Å²) in [6.45, 7) is 1.80. The van der Waals surface area contributed by atoms with E-state index in [2.05, 4.69) is 10.3 Å². The lowest BCUT2D eigenvalue weighted by Gasteiger charge is -2.12. The molecule has 1 aliphatic carbocycles. The molecule has 16 heavy (non-hydrogen) atoms. The lowest BCUT2D eigenvalue weighted by atomic mass is 10.0. The van der Waals surface area contributed by atoms with E-state index in [9.17, 15) is 13.2 Å². The van der Waals surface area contributed by atoms with E-state index in [1.54, 1.807) is 0 Å². The molecule has 1 aromatic rings. The summed E-state index contributed by atoms with van der Waals surface area (Å²) in [5.41, 5.74) is 0.163. The smallest absolute Gasteiger partial charge is 0.315 e. The predicted octanol–water partition coefficient (Wildman–Crippen LogP) is 1.96. The van der Waals surface area contributed by atoms with Gasteiger partial charge in [0.05, 0.1) is 5.56 Å². The summed E-state index contributed by atoms with van der Waals surface area (Å²) >= 11 is 0. The van der Waals surface area contributed by atoms with E-state index in [1.165, 1.54) is 6.07 Å². The van der Waals surface area contributed by atoms with Gasteiger partial charge in [0.1, 0.15) is 0 Å². The maximum absolute atomic E-state index is 12.4. The molecule has 0 amide bonds. The van der Waals surface area contributed by atoms with Crippen molar-refractivity contribution < 1.29 is 13.2 Å². The van der Waals surface area contributed by atoms with E-state index in [0.29, 0.717) is 5.92 Å². The fourth-order valence-electron chi connectivity index (χ4n) is 2.59. The van der Waals surface area contributed by atoms with Gasteiger partial charge in [-0.25, -0.2) is 0 Å². The topological polar surface area (TPSA) is 24.9 Å². The molecule has 1 saturated carbocycles. The summed E-state index contributed by atoms with van der Waals surface area (Å²) in [6, 6.07) is 2.65. The molecule has 1 saturated heterocycles. The normalized spacial score (nSPS) is 32.6. The number of hydrogen-bond donors (Lipinski definition) is 1. The number of halogens is 3. The molecule has 1 aliphatic heterocycles. The molecule has 3 rings (SSSR count). The van der Waals surface area contributed by atoms with Crippen LogP contribution in [-0.4, -0.2) is 18.1 Å². The van der Waals surface area contributed by atoms with Crippen molar-refractivity contribution in [3.05, 3.63) is 29.6 Å². The van der Waals surface area contributed by atoms with Gasteiger partial charge in [0.2, 0.25) is 0 Å². The molecule has 0 aromatic carbocycles. The van der Waals surface area contributed by atoms with Gasteiger partial charge < -0.3 is 5.32 Å². The Labute approximate surface area is 90.9 Å². The predicted molar refractivity (Wildman–Crippen MR) is 51.9 cm³/mol. The maximum atomic E-state index is 12.4. The summed E-state index contributed by atoms with van der Waals surface area (Å²) in [5.74, 6) is 0.566. The second-order valence-electron chi connectivity index (χ2n) is 4.62. The standard InChI is InChI=1S/C11H11F3N2/c12-11(13,14)7-1-2-9(16-5-7)10-3-8(10)4-15-6-10/h1-2,5,8,15H,3-4,6H2. The molecular formula is C11H11F3N2. The molecule has 5 heteroatoms. The summed E-state index contributed by atoms with van der Waals surface area (Å²) in [4.78, 5) is 3.98. The van der Waals surface area contributed by atoms with Crippen LogP contribution in [0.15, 0.2) is 18.3 Å². The second-order valence-corrected chi connectivity index (χ2v) is 4.62. The first-order valence-corrected chi connectivity index (χ1v) is 5.27. The number of fused-ring (bicyclic) bond motifs is 1. The molecule has 1 aromatic heterocycles. The van der Waals surface area contributed by atoms with Gasteiger partial charge in [0.25, 0.3) is 0 Å². The van der Waals surface area contributed by atoms with Crippen LogP contribution in [-0.2, 0) is 11.6 Å². The van der Waals surface area contributed by atoms with Crippen LogP contribution in [0, 0.1) is 5.92 Å². The molecule has 0 bridgehead atoms. The molecule has 2 atom stereocenters. The highest BCUT2D eigenvalue weighted by molar-refractivity contribution is 5.33. The average molecular weight is 228 g/mol. The quantitative estimate of drug-likeness (QED) is 0.794. The molecule has 2 heterocycles. The van der Waals surface area contributed by atoms with Crippen molar-refractivity contribution in [3.8, 4) is 0 Å². The summed E-state index contributed by atoms with van der Waals surface area (Å²) < 4.78 is 37.1. The highest BCUT2D eigenvalue weighted by atomic mass is 19.4. The zero-order valence-electron chi connectivity index (χ0n) is 8.51. The molecule has 2 unspecified atom stereocenters. The van der Waals surface area contributed by atoms with Gasteiger partial charge in [-0.05, 0) is 31.0 Å². The molecule has 0 radical (unpaired) electrons. The Morgan fingerprint density at radius 2 is 2.19 bits per heavy atom. The number of aromatic nitrogens is 1.